The first kappa shape index (κ1) is 15.7. The lowest BCUT2D eigenvalue weighted by atomic mass is 10.1. The van der Waals surface area contributed by atoms with Crippen LogP contribution in [0, 0.1) is 0 Å². The highest BCUT2D eigenvalue weighted by molar-refractivity contribution is 5.98. The third-order valence-corrected chi connectivity index (χ3v) is 4.97. The van der Waals surface area contributed by atoms with Crippen LogP contribution in [0.5, 0.6) is 11.5 Å². The first-order valence-electron chi connectivity index (χ1n) is 8.72. The molecule has 0 aromatic heterocycles. The lowest BCUT2D eigenvalue weighted by Crippen LogP contribution is -2.46. The van der Waals surface area contributed by atoms with Gasteiger partial charge in [0.2, 0.25) is 0 Å². The number of hydrogen-bond donors (Lipinski definition) is 0. The molecule has 2 aliphatic heterocycles. The second-order valence-electron chi connectivity index (χ2n) is 6.30. The molecule has 1 aliphatic carbocycles. The Hall–Kier alpha value is -1.79. The van der Waals surface area contributed by atoms with E-state index in [1.165, 1.54) is 0 Å². The maximum absolute atomic E-state index is 13.2. The summed E-state index contributed by atoms with van der Waals surface area (Å²) in [4.78, 5) is 15.1. The summed E-state index contributed by atoms with van der Waals surface area (Å²) in [6.45, 7) is 4.71. The van der Waals surface area contributed by atoms with Crippen molar-refractivity contribution in [2.24, 2.45) is 0 Å². The smallest absolute Gasteiger partial charge is 0.258 e. The van der Waals surface area contributed by atoms with Crippen molar-refractivity contribution in [2.45, 2.75) is 38.0 Å². The van der Waals surface area contributed by atoms with Gasteiger partial charge in [0.15, 0.2) is 11.5 Å². The van der Waals surface area contributed by atoms with Crippen molar-refractivity contribution < 1.29 is 23.7 Å². The summed E-state index contributed by atoms with van der Waals surface area (Å²) in [6.07, 6.45) is 1.90. The number of rotatable bonds is 3. The van der Waals surface area contributed by atoms with Crippen LogP contribution in [0.2, 0.25) is 0 Å². The van der Waals surface area contributed by atoms with Crippen LogP contribution in [0.1, 0.15) is 30.1 Å². The average Bonchev–Trinajstić information content (AvgIpc) is 2.90. The Morgan fingerprint density at radius 1 is 1.25 bits per heavy atom. The Morgan fingerprint density at radius 2 is 2.12 bits per heavy atom. The van der Waals surface area contributed by atoms with E-state index in [0.717, 1.165) is 12.8 Å². The molecule has 0 N–H and O–H groups in total. The minimum Gasteiger partial charge on any atom is -0.486 e. The molecule has 0 unspecified atom stereocenters. The molecule has 6 nitrogen and oxygen atoms in total. The summed E-state index contributed by atoms with van der Waals surface area (Å²) in [5.41, 5.74) is 0.563. The molecule has 3 aliphatic rings. The first-order valence-corrected chi connectivity index (χ1v) is 8.72. The van der Waals surface area contributed by atoms with Crippen LogP contribution < -0.4 is 9.47 Å². The van der Waals surface area contributed by atoms with Crippen LogP contribution in [-0.2, 0) is 9.47 Å². The summed E-state index contributed by atoms with van der Waals surface area (Å²) >= 11 is 0. The predicted octanol–water partition coefficient (Wildman–Crippen LogP) is 1.87. The van der Waals surface area contributed by atoms with Crippen LogP contribution in [0.25, 0.3) is 0 Å². The van der Waals surface area contributed by atoms with Gasteiger partial charge in [0.1, 0.15) is 19.3 Å². The maximum Gasteiger partial charge on any atom is 0.258 e. The fraction of sp³-hybridized carbons (Fsp3) is 0.611. The molecule has 6 heteroatoms. The van der Waals surface area contributed by atoms with E-state index in [1.54, 1.807) is 0 Å². The van der Waals surface area contributed by atoms with Crippen molar-refractivity contribution in [3.8, 4) is 11.5 Å². The highest BCUT2D eigenvalue weighted by atomic mass is 16.6. The van der Waals surface area contributed by atoms with Gasteiger partial charge in [-0.1, -0.05) is 6.07 Å². The number of benzene rings is 1. The number of ether oxygens (including phenoxy) is 4. The van der Waals surface area contributed by atoms with Gasteiger partial charge < -0.3 is 23.8 Å². The minimum absolute atomic E-state index is 0.0294. The summed E-state index contributed by atoms with van der Waals surface area (Å²) in [7, 11) is 0. The molecule has 2 fully saturated rings. The molecular weight excluding hydrogens is 310 g/mol. The van der Waals surface area contributed by atoms with Crippen molar-refractivity contribution in [3.63, 3.8) is 0 Å². The van der Waals surface area contributed by atoms with Gasteiger partial charge in [0.25, 0.3) is 5.91 Å². The molecule has 1 aromatic rings. The molecule has 2 bridgehead atoms. The summed E-state index contributed by atoms with van der Waals surface area (Å²) < 4.78 is 23.1. The van der Waals surface area contributed by atoms with E-state index in [1.807, 2.05) is 30.0 Å². The molecular formula is C18H23NO5. The van der Waals surface area contributed by atoms with Gasteiger partial charge in [-0.2, -0.15) is 0 Å². The number of fused-ring (bicyclic) bond motifs is 3. The Bertz CT molecular complexity index is 619. The van der Waals surface area contributed by atoms with Crippen LogP contribution >= 0.6 is 0 Å². The van der Waals surface area contributed by atoms with Crippen LogP contribution in [0.15, 0.2) is 18.2 Å². The Labute approximate surface area is 141 Å². The monoisotopic (exact) mass is 333 g/mol. The summed E-state index contributed by atoms with van der Waals surface area (Å²) in [5, 5.41) is 0. The number of hydrogen-bond acceptors (Lipinski definition) is 5. The molecule has 2 heterocycles. The molecule has 3 atom stereocenters. The largest absolute Gasteiger partial charge is 0.486 e. The van der Waals surface area contributed by atoms with E-state index in [9.17, 15) is 4.79 Å². The Morgan fingerprint density at radius 3 is 3.00 bits per heavy atom. The fourth-order valence-electron chi connectivity index (χ4n) is 3.95. The van der Waals surface area contributed by atoms with Crippen LogP contribution in [0.4, 0.5) is 0 Å². The normalized spacial score (nSPS) is 28.5. The predicted molar refractivity (Wildman–Crippen MR) is 86.6 cm³/mol. The molecule has 1 amide bonds. The van der Waals surface area contributed by atoms with Gasteiger partial charge in [-0.05, 0) is 31.9 Å². The molecule has 130 valence electrons. The molecule has 1 saturated heterocycles. The van der Waals surface area contributed by atoms with Crippen molar-refractivity contribution in [1.29, 1.82) is 0 Å². The van der Waals surface area contributed by atoms with E-state index in [-0.39, 0.29) is 24.2 Å². The number of carbonyl (C=O) groups excluding carboxylic acids is 1. The fourth-order valence-corrected chi connectivity index (χ4v) is 3.95. The van der Waals surface area contributed by atoms with E-state index < -0.39 is 0 Å². The molecule has 0 radical (unpaired) electrons. The van der Waals surface area contributed by atoms with Crippen LogP contribution in [0.3, 0.4) is 0 Å². The zero-order chi connectivity index (χ0) is 16.5. The summed E-state index contributed by atoms with van der Waals surface area (Å²) in [5.74, 6) is 1.17. The molecule has 0 spiro atoms. The zero-order valence-electron chi connectivity index (χ0n) is 13.9. The molecule has 24 heavy (non-hydrogen) atoms. The topological polar surface area (TPSA) is 57.2 Å². The third-order valence-electron chi connectivity index (χ3n) is 4.97. The van der Waals surface area contributed by atoms with E-state index >= 15 is 0 Å². The first-order chi connectivity index (χ1) is 11.8. The Balaban J connectivity index is 1.64. The van der Waals surface area contributed by atoms with Crippen molar-refractivity contribution >= 4 is 5.91 Å². The maximum atomic E-state index is 13.2. The van der Waals surface area contributed by atoms with Crippen molar-refractivity contribution in [1.82, 2.24) is 4.90 Å². The second-order valence-corrected chi connectivity index (χ2v) is 6.30. The minimum atomic E-state index is -0.0434. The standard InChI is InChI=1S/C18H23NO5/c1-2-21-17-13-6-7-15(17)22-9-8-19(13)18(20)12-4-3-5-14-16(12)24-11-10-23-14/h3-5,13,15,17H,2,6-11H2,1H3/t13-,15-,17-/m1/s1. The van der Waals surface area contributed by atoms with E-state index in [0.29, 0.717) is 50.0 Å². The summed E-state index contributed by atoms with van der Waals surface area (Å²) in [6, 6.07) is 5.55. The number of nitrogens with zero attached hydrogens (tertiary/aromatic N) is 1. The third kappa shape index (κ3) is 2.63. The van der Waals surface area contributed by atoms with Gasteiger partial charge in [-0.25, -0.2) is 0 Å². The van der Waals surface area contributed by atoms with Crippen molar-refractivity contribution in [2.75, 3.05) is 33.0 Å². The van der Waals surface area contributed by atoms with Gasteiger partial charge >= 0.3 is 0 Å². The number of para-hydroxylation sites is 1. The van der Waals surface area contributed by atoms with Crippen molar-refractivity contribution in [3.05, 3.63) is 23.8 Å². The SMILES string of the molecule is CCO[C@@H]1[C@H]2CC[C@H]1OCCN2C(=O)c1cccc2c1OCCO2. The van der Waals surface area contributed by atoms with Crippen LogP contribution in [-0.4, -0.2) is 62.0 Å². The average molecular weight is 333 g/mol. The molecule has 4 rings (SSSR count). The van der Waals surface area contributed by atoms with E-state index in [4.69, 9.17) is 18.9 Å². The number of carbonyl (C=O) groups is 1. The van der Waals surface area contributed by atoms with E-state index in [2.05, 4.69) is 0 Å². The van der Waals surface area contributed by atoms with Gasteiger partial charge in [0, 0.05) is 13.2 Å². The Kier molecular flexibility index (Phi) is 4.33. The highest BCUT2D eigenvalue weighted by Crippen LogP contribution is 2.37. The lowest BCUT2D eigenvalue weighted by Gasteiger charge is -2.32. The van der Waals surface area contributed by atoms with Gasteiger partial charge in [-0.15, -0.1) is 0 Å². The second kappa shape index (κ2) is 6.61. The lowest BCUT2D eigenvalue weighted by molar-refractivity contribution is -0.0484. The highest BCUT2D eigenvalue weighted by Gasteiger charge is 2.45. The number of amides is 1. The quantitative estimate of drug-likeness (QED) is 0.845. The molecule has 1 saturated carbocycles. The van der Waals surface area contributed by atoms with Gasteiger partial charge in [-0.3, -0.25) is 4.79 Å². The zero-order valence-corrected chi connectivity index (χ0v) is 13.9. The molecule has 1 aromatic carbocycles. The van der Waals surface area contributed by atoms with Gasteiger partial charge in [0.05, 0.1) is 24.3 Å².